The zero-order chi connectivity index (χ0) is 23.9. The summed E-state index contributed by atoms with van der Waals surface area (Å²) in [4.78, 5) is 0. The van der Waals surface area contributed by atoms with Gasteiger partial charge in [-0.2, -0.15) is 42.0 Å². The molecular formula is C36H22Y-2. The van der Waals surface area contributed by atoms with E-state index in [0.29, 0.717) is 0 Å². The minimum atomic E-state index is 0. The average molecular weight is 543 g/mol. The topological polar surface area (TPSA) is 0 Å². The fraction of sp³-hybridized carbons (Fsp3) is 0. The molecule has 37 heavy (non-hydrogen) atoms. The molecule has 0 nitrogen and oxygen atoms in total. The first kappa shape index (κ1) is 23.8. The summed E-state index contributed by atoms with van der Waals surface area (Å²) in [6, 6.07) is 54.5. The Morgan fingerprint density at radius 2 is 0.892 bits per heavy atom. The van der Waals surface area contributed by atoms with Gasteiger partial charge in [0, 0.05) is 32.7 Å². The van der Waals surface area contributed by atoms with Crippen molar-refractivity contribution in [1.82, 2.24) is 0 Å². The Morgan fingerprint density at radius 3 is 1.57 bits per heavy atom. The quantitative estimate of drug-likeness (QED) is 0.154. The van der Waals surface area contributed by atoms with Gasteiger partial charge in [-0.25, -0.2) is 5.56 Å². The van der Waals surface area contributed by atoms with Crippen LogP contribution in [0.15, 0.2) is 133 Å². The van der Waals surface area contributed by atoms with Crippen LogP contribution in [0.4, 0.5) is 0 Å². The number of fused-ring (bicyclic) bond motifs is 3. The van der Waals surface area contributed by atoms with Crippen molar-refractivity contribution in [2.75, 3.05) is 0 Å². The van der Waals surface area contributed by atoms with Crippen LogP contribution in [0.25, 0.3) is 65.7 Å². The van der Waals surface area contributed by atoms with E-state index in [-0.39, 0.29) is 32.7 Å². The molecular weight excluding hydrogens is 521 g/mol. The Morgan fingerprint density at radius 1 is 0.378 bits per heavy atom. The molecule has 0 bridgehead atoms. The van der Waals surface area contributed by atoms with E-state index in [0.717, 1.165) is 16.7 Å². The molecule has 0 aliphatic rings. The Labute approximate surface area is 242 Å². The van der Waals surface area contributed by atoms with Crippen LogP contribution in [0.1, 0.15) is 0 Å². The van der Waals surface area contributed by atoms with E-state index in [1.54, 1.807) is 0 Å². The van der Waals surface area contributed by atoms with Crippen LogP contribution in [0.3, 0.4) is 0 Å². The maximum Gasteiger partial charge on any atom is 0 e. The van der Waals surface area contributed by atoms with Gasteiger partial charge in [0.05, 0.1) is 0 Å². The Hall–Kier alpha value is -3.58. The van der Waals surface area contributed by atoms with Gasteiger partial charge >= 0.3 is 0 Å². The van der Waals surface area contributed by atoms with Crippen molar-refractivity contribution in [3.63, 3.8) is 0 Å². The summed E-state index contributed by atoms with van der Waals surface area (Å²) in [5, 5.41) is 7.53. The summed E-state index contributed by atoms with van der Waals surface area (Å²) in [5.41, 5.74) is 6.99. The third-order valence-corrected chi connectivity index (χ3v) is 7.05. The molecule has 0 amide bonds. The fourth-order valence-corrected chi connectivity index (χ4v) is 5.48. The molecule has 171 valence electrons. The van der Waals surface area contributed by atoms with Crippen LogP contribution < -0.4 is 0 Å². The molecule has 7 rings (SSSR count). The van der Waals surface area contributed by atoms with Gasteiger partial charge in [0.1, 0.15) is 0 Å². The standard InChI is InChI=1S/C36H22.Y/c1-2-12-25(13-3-1)27-16-10-17-28(24-27)35-31-19-6-8-21-33(31)36(34-22-9-7-20-32(34)35)30-23-11-15-26-14-4-5-18-29(26)30;/h1-12,14-23H;/q-2;. The zero-order valence-electron chi connectivity index (χ0n) is 20.3. The van der Waals surface area contributed by atoms with Crippen LogP contribution >= 0.6 is 0 Å². The molecule has 0 aromatic heterocycles. The number of rotatable bonds is 3. The minimum Gasteiger partial charge on any atom is -0.209 e. The molecule has 0 fully saturated rings. The predicted molar refractivity (Wildman–Crippen MR) is 153 cm³/mol. The Bertz CT molecular complexity index is 1820. The first-order valence-electron chi connectivity index (χ1n) is 12.3. The minimum absolute atomic E-state index is 0. The van der Waals surface area contributed by atoms with Crippen LogP contribution in [-0.4, -0.2) is 0 Å². The first-order chi connectivity index (χ1) is 17.9. The predicted octanol–water partition coefficient (Wildman–Crippen LogP) is 9.75. The maximum atomic E-state index is 3.72. The summed E-state index contributed by atoms with van der Waals surface area (Å²) >= 11 is 0. The number of hydrogen-bond donors (Lipinski definition) is 0. The van der Waals surface area contributed by atoms with Crippen molar-refractivity contribution in [3.05, 3.63) is 146 Å². The summed E-state index contributed by atoms with van der Waals surface area (Å²) in [7, 11) is 0. The molecule has 0 N–H and O–H groups in total. The third-order valence-electron chi connectivity index (χ3n) is 7.05. The number of hydrogen-bond acceptors (Lipinski definition) is 0. The van der Waals surface area contributed by atoms with E-state index in [1.807, 2.05) is 12.1 Å². The van der Waals surface area contributed by atoms with Gasteiger partial charge in [-0.3, -0.25) is 0 Å². The maximum absolute atomic E-state index is 3.72. The zero-order valence-corrected chi connectivity index (χ0v) is 23.1. The number of benzene rings is 7. The summed E-state index contributed by atoms with van der Waals surface area (Å²) in [6.45, 7) is 0. The van der Waals surface area contributed by atoms with E-state index < -0.39 is 0 Å². The average Bonchev–Trinajstić information content (AvgIpc) is 2.96. The van der Waals surface area contributed by atoms with E-state index >= 15 is 0 Å². The van der Waals surface area contributed by atoms with Crippen molar-refractivity contribution < 1.29 is 32.7 Å². The van der Waals surface area contributed by atoms with E-state index in [2.05, 4.69) is 133 Å². The van der Waals surface area contributed by atoms with Crippen LogP contribution in [0.2, 0.25) is 0 Å². The monoisotopic (exact) mass is 543 g/mol. The third kappa shape index (κ3) is 4.11. The van der Waals surface area contributed by atoms with E-state index in [1.165, 1.54) is 49.0 Å². The van der Waals surface area contributed by atoms with Gasteiger partial charge in [-0.05, 0) is 43.4 Å². The van der Waals surface area contributed by atoms with Crippen molar-refractivity contribution in [2.45, 2.75) is 0 Å². The SMILES string of the molecule is [Y].[c-]1ccccc1-c1[c-]c(-c2c3ccccc3c(-c3cccc4ccccc34)c3ccccc23)ccc1. The van der Waals surface area contributed by atoms with E-state index in [4.69, 9.17) is 0 Å². The van der Waals surface area contributed by atoms with Crippen molar-refractivity contribution >= 4 is 32.3 Å². The van der Waals surface area contributed by atoms with Gasteiger partial charge in [0.15, 0.2) is 0 Å². The molecule has 0 aliphatic heterocycles. The summed E-state index contributed by atoms with van der Waals surface area (Å²) < 4.78 is 0. The summed E-state index contributed by atoms with van der Waals surface area (Å²) in [5.74, 6) is 0. The van der Waals surface area contributed by atoms with Gasteiger partial charge in [0.2, 0.25) is 0 Å². The van der Waals surface area contributed by atoms with Crippen molar-refractivity contribution in [2.24, 2.45) is 0 Å². The molecule has 7 aromatic rings. The molecule has 1 radical (unpaired) electrons. The second-order valence-corrected chi connectivity index (χ2v) is 9.12. The molecule has 0 atom stereocenters. The van der Waals surface area contributed by atoms with Crippen molar-refractivity contribution in [1.29, 1.82) is 0 Å². The smallest absolute Gasteiger partial charge is 0 e. The second-order valence-electron chi connectivity index (χ2n) is 9.12. The van der Waals surface area contributed by atoms with Crippen LogP contribution in [0, 0.1) is 12.1 Å². The van der Waals surface area contributed by atoms with Gasteiger partial charge < -0.3 is 0 Å². The largest absolute Gasteiger partial charge is 0.209 e. The van der Waals surface area contributed by atoms with Crippen molar-refractivity contribution in [3.8, 4) is 33.4 Å². The normalized spacial score (nSPS) is 11.0. The van der Waals surface area contributed by atoms with Crippen LogP contribution in [0.5, 0.6) is 0 Å². The van der Waals surface area contributed by atoms with Crippen LogP contribution in [-0.2, 0) is 32.7 Å². The first-order valence-corrected chi connectivity index (χ1v) is 12.3. The molecule has 0 saturated carbocycles. The molecule has 0 saturated heterocycles. The Kier molecular flexibility index (Phi) is 6.47. The molecule has 1 heteroatoms. The Balaban J connectivity index is 0.00000252. The summed E-state index contributed by atoms with van der Waals surface area (Å²) in [6.07, 6.45) is 0. The van der Waals surface area contributed by atoms with Gasteiger partial charge in [-0.15, -0.1) is 23.8 Å². The molecule has 0 spiro atoms. The fourth-order valence-electron chi connectivity index (χ4n) is 5.48. The molecule has 0 aliphatic carbocycles. The van der Waals surface area contributed by atoms with Gasteiger partial charge in [0.25, 0.3) is 0 Å². The molecule has 0 heterocycles. The van der Waals surface area contributed by atoms with E-state index in [9.17, 15) is 0 Å². The second kappa shape index (κ2) is 10.1. The molecule has 7 aromatic carbocycles. The van der Waals surface area contributed by atoms with Gasteiger partial charge in [-0.1, -0.05) is 96.6 Å². The molecule has 0 unspecified atom stereocenters.